The van der Waals surface area contributed by atoms with E-state index in [-0.39, 0.29) is 12.3 Å². The van der Waals surface area contributed by atoms with Crippen LogP contribution in [0.1, 0.15) is 35.6 Å². The van der Waals surface area contributed by atoms with Crippen LogP contribution < -0.4 is 9.64 Å². The van der Waals surface area contributed by atoms with Gasteiger partial charge in [-0.15, -0.1) is 0 Å². The maximum absolute atomic E-state index is 11.0. The summed E-state index contributed by atoms with van der Waals surface area (Å²) in [7, 11) is 2.01. The van der Waals surface area contributed by atoms with Crippen molar-refractivity contribution in [3.63, 3.8) is 0 Å². The van der Waals surface area contributed by atoms with E-state index in [4.69, 9.17) is 14.8 Å². The molecule has 5 nitrogen and oxygen atoms in total. The minimum atomic E-state index is -0.735. The third kappa shape index (κ3) is 4.62. The topological polar surface area (TPSA) is 62.7 Å². The first kappa shape index (κ1) is 20.0. The van der Waals surface area contributed by atoms with Gasteiger partial charge < -0.3 is 14.7 Å². The molecule has 1 unspecified atom stereocenters. The Morgan fingerprint density at radius 1 is 1.13 bits per heavy atom. The summed E-state index contributed by atoms with van der Waals surface area (Å²) < 4.78 is 5.97. The fourth-order valence-electron chi connectivity index (χ4n) is 4.04. The standard InChI is InChI=1S/C25H26N2O3/c1-27(21-7-3-2-4-8-21)24-9-5-6-20(26-24)14-15-30-22-12-13-23-18(16-22)10-11-19(23)17-25(28)29/h2-9,12-13,16,19H,10-11,14-15,17H2,1H3,(H,28,29). The van der Waals surface area contributed by atoms with Crippen LogP contribution in [0.3, 0.4) is 0 Å². The number of fused-ring (bicyclic) bond motifs is 1. The van der Waals surface area contributed by atoms with Gasteiger partial charge in [-0.05, 0) is 66.3 Å². The van der Waals surface area contributed by atoms with E-state index in [1.807, 2.05) is 55.6 Å². The van der Waals surface area contributed by atoms with Gasteiger partial charge in [-0.1, -0.05) is 30.3 Å². The van der Waals surface area contributed by atoms with Gasteiger partial charge in [-0.2, -0.15) is 0 Å². The van der Waals surface area contributed by atoms with Crippen LogP contribution in [-0.4, -0.2) is 29.7 Å². The molecule has 5 heteroatoms. The molecule has 0 radical (unpaired) electrons. The number of para-hydroxylation sites is 1. The van der Waals surface area contributed by atoms with Crippen molar-refractivity contribution in [2.45, 2.75) is 31.6 Å². The summed E-state index contributed by atoms with van der Waals surface area (Å²) in [5, 5.41) is 9.06. The van der Waals surface area contributed by atoms with Gasteiger partial charge in [0.2, 0.25) is 0 Å². The number of pyridine rings is 1. The first-order valence-electron chi connectivity index (χ1n) is 10.3. The van der Waals surface area contributed by atoms with E-state index in [0.29, 0.717) is 6.61 Å². The van der Waals surface area contributed by atoms with Crippen LogP contribution in [0.15, 0.2) is 66.7 Å². The average molecular weight is 402 g/mol. The number of hydrogen-bond acceptors (Lipinski definition) is 4. The van der Waals surface area contributed by atoms with Crippen molar-refractivity contribution >= 4 is 17.5 Å². The Hall–Kier alpha value is -3.34. The molecule has 0 fully saturated rings. The van der Waals surface area contributed by atoms with Crippen LogP contribution >= 0.6 is 0 Å². The molecule has 1 aromatic heterocycles. The van der Waals surface area contributed by atoms with E-state index in [1.165, 1.54) is 5.56 Å². The highest BCUT2D eigenvalue weighted by Crippen LogP contribution is 2.37. The van der Waals surface area contributed by atoms with Gasteiger partial charge in [0.05, 0.1) is 13.0 Å². The maximum Gasteiger partial charge on any atom is 0.303 e. The van der Waals surface area contributed by atoms with E-state index in [0.717, 1.165) is 47.8 Å². The van der Waals surface area contributed by atoms with Crippen molar-refractivity contribution in [3.8, 4) is 5.75 Å². The normalized spacial score (nSPS) is 14.9. The number of hydrogen-bond donors (Lipinski definition) is 1. The Balaban J connectivity index is 1.36. The molecule has 0 saturated heterocycles. The minimum Gasteiger partial charge on any atom is -0.493 e. The highest BCUT2D eigenvalue weighted by atomic mass is 16.5. The molecule has 4 rings (SSSR count). The number of ether oxygens (including phenoxy) is 1. The molecule has 1 N–H and O–H groups in total. The van der Waals surface area contributed by atoms with Gasteiger partial charge >= 0.3 is 5.97 Å². The number of aliphatic carboxylic acids is 1. The molecule has 154 valence electrons. The van der Waals surface area contributed by atoms with E-state index in [2.05, 4.69) is 23.1 Å². The number of carboxylic acid groups (broad SMARTS) is 1. The lowest BCUT2D eigenvalue weighted by Crippen LogP contribution is -2.12. The number of aryl methyl sites for hydroxylation is 1. The molecule has 1 heterocycles. The Morgan fingerprint density at radius 3 is 2.77 bits per heavy atom. The summed E-state index contributed by atoms with van der Waals surface area (Å²) in [6.45, 7) is 0.544. The molecule has 0 saturated carbocycles. The highest BCUT2D eigenvalue weighted by Gasteiger charge is 2.24. The number of carboxylic acids is 1. The third-order valence-corrected chi connectivity index (χ3v) is 5.64. The smallest absolute Gasteiger partial charge is 0.303 e. The molecular weight excluding hydrogens is 376 g/mol. The molecule has 2 aromatic carbocycles. The quantitative estimate of drug-likeness (QED) is 0.576. The summed E-state index contributed by atoms with van der Waals surface area (Å²) in [5.41, 5.74) is 4.45. The number of carbonyl (C=O) groups is 1. The molecule has 0 spiro atoms. The Morgan fingerprint density at radius 2 is 1.97 bits per heavy atom. The lowest BCUT2D eigenvalue weighted by atomic mass is 9.98. The van der Waals surface area contributed by atoms with Crippen LogP contribution in [0.5, 0.6) is 5.75 Å². The fourth-order valence-corrected chi connectivity index (χ4v) is 4.04. The van der Waals surface area contributed by atoms with Gasteiger partial charge in [0, 0.05) is 24.8 Å². The average Bonchev–Trinajstić information content (AvgIpc) is 3.15. The molecule has 0 bridgehead atoms. The van der Waals surface area contributed by atoms with E-state index in [1.54, 1.807) is 0 Å². The lowest BCUT2D eigenvalue weighted by Gasteiger charge is -2.19. The largest absolute Gasteiger partial charge is 0.493 e. The first-order chi connectivity index (χ1) is 14.6. The number of rotatable bonds is 8. The van der Waals surface area contributed by atoms with E-state index < -0.39 is 5.97 Å². The molecule has 1 aliphatic carbocycles. The van der Waals surface area contributed by atoms with Crippen molar-refractivity contribution in [2.75, 3.05) is 18.6 Å². The highest BCUT2D eigenvalue weighted by molar-refractivity contribution is 5.68. The predicted octanol–water partition coefficient (Wildman–Crippen LogP) is 4.98. The van der Waals surface area contributed by atoms with Crippen molar-refractivity contribution < 1.29 is 14.6 Å². The second-order valence-electron chi connectivity index (χ2n) is 7.67. The molecular formula is C25H26N2O3. The third-order valence-electron chi connectivity index (χ3n) is 5.64. The fraction of sp³-hybridized carbons (Fsp3) is 0.280. The SMILES string of the molecule is CN(c1ccccc1)c1cccc(CCOc2ccc3c(c2)CCC3CC(=O)O)n1. The van der Waals surface area contributed by atoms with E-state index in [9.17, 15) is 4.79 Å². The van der Waals surface area contributed by atoms with E-state index >= 15 is 0 Å². The van der Waals surface area contributed by atoms with Crippen LogP contribution in [0.25, 0.3) is 0 Å². The number of aromatic nitrogens is 1. The monoisotopic (exact) mass is 402 g/mol. The first-order valence-corrected chi connectivity index (χ1v) is 10.3. The van der Waals surface area contributed by atoms with Crippen LogP contribution in [-0.2, 0) is 17.6 Å². The van der Waals surface area contributed by atoms with Crippen LogP contribution in [0, 0.1) is 0 Å². The van der Waals surface area contributed by atoms with Gasteiger partial charge in [-0.25, -0.2) is 4.98 Å². The molecule has 0 aliphatic heterocycles. The van der Waals surface area contributed by atoms with Crippen molar-refractivity contribution in [2.24, 2.45) is 0 Å². The lowest BCUT2D eigenvalue weighted by molar-refractivity contribution is -0.137. The second kappa shape index (κ2) is 8.99. The summed E-state index contributed by atoms with van der Waals surface area (Å²) in [6.07, 6.45) is 2.73. The molecule has 30 heavy (non-hydrogen) atoms. The van der Waals surface area contributed by atoms with Gasteiger partial charge in [-0.3, -0.25) is 4.79 Å². The minimum absolute atomic E-state index is 0.125. The zero-order chi connectivity index (χ0) is 20.9. The van der Waals surface area contributed by atoms with Gasteiger partial charge in [0.1, 0.15) is 11.6 Å². The molecule has 1 aliphatic rings. The van der Waals surface area contributed by atoms with Crippen molar-refractivity contribution in [1.29, 1.82) is 0 Å². The second-order valence-corrected chi connectivity index (χ2v) is 7.67. The Kier molecular flexibility index (Phi) is 5.98. The van der Waals surface area contributed by atoms with Crippen LogP contribution in [0.4, 0.5) is 11.5 Å². The molecule has 1 atom stereocenters. The van der Waals surface area contributed by atoms with Gasteiger partial charge in [0.25, 0.3) is 0 Å². The zero-order valence-electron chi connectivity index (χ0n) is 17.1. The number of anilines is 2. The summed E-state index contributed by atoms with van der Waals surface area (Å²) in [5.74, 6) is 1.13. The Labute approximate surface area is 177 Å². The summed E-state index contributed by atoms with van der Waals surface area (Å²) in [4.78, 5) is 17.9. The molecule has 3 aromatic rings. The Bertz CT molecular complexity index is 1020. The molecule has 0 amide bonds. The zero-order valence-corrected chi connectivity index (χ0v) is 17.1. The maximum atomic E-state index is 11.0. The van der Waals surface area contributed by atoms with Crippen molar-refractivity contribution in [1.82, 2.24) is 4.98 Å². The van der Waals surface area contributed by atoms with Gasteiger partial charge in [0.15, 0.2) is 0 Å². The summed E-state index contributed by atoms with van der Waals surface area (Å²) >= 11 is 0. The van der Waals surface area contributed by atoms with Crippen LogP contribution in [0.2, 0.25) is 0 Å². The summed E-state index contributed by atoms with van der Waals surface area (Å²) in [6, 6.07) is 22.2. The predicted molar refractivity (Wildman–Crippen MR) is 118 cm³/mol. The number of nitrogens with zero attached hydrogens (tertiary/aromatic N) is 2. The van der Waals surface area contributed by atoms with Crippen molar-refractivity contribution in [3.05, 3.63) is 83.6 Å². The number of benzene rings is 2.